The Morgan fingerprint density at radius 3 is 2.50 bits per heavy atom. The number of hydrogen-bond acceptors (Lipinski definition) is 4. The molecule has 26 heavy (non-hydrogen) atoms. The van der Waals surface area contributed by atoms with Gasteiger partial charge in [0.15, 0.2) is 5.75 Å². The zero-order valence-electron chi connectivity index (χ0n) is 15.7. The van der Waals surface area contributed by atoms with Crippen LogP contribution in [0.3, 0.4) is 0 Å². The van der Waals surface area contributed by atoms with E-state index in [-0.39, 0.29) is 0 Å². The van der Waals surface area contributed by atoms with E-state index in [1.54, 1.807) is 13.2 Å². The molecule has 2 aromatic carbocycles. The summed E-state index contributed by atoms with van der Waals surface area (Å²) in [6.07, 6.45) is 0. The molecule has 1 aromatic heterocycles. The van der Waals surface area contributed by atoms with Gasteiger partial charge in [-0.15, -0.1) is 0 Å². The number of fused-ring (bicyclic) bond motifs is 1. The van der Waals surface area contributed by atoms with Gasteiger partial charge in [-0.05, 0) is 49.6 Å². The lowest BCUT2D eigenvalue weighted by atomic mass is 10.0. The topological polar surface area (TPSA) is 60.1 Å². The molecule has 0 unspecified atom stereocenters. The zero-order chi connectivity index (χ0) is 18.7. The molecule has 0 spiro atoms. The van der Waals surface area contributed by atoms with Gasteiger partial charge in [0.25, 0.3) is 0 Å². The lowest BCUT2D eigenvalue weighted by Crippen LogP contribution is -2.06. The Kier molecular flexibility index (Phi) is 5.24. The Hall–Kier alpha value is -2.84. The van der Waals surface area contributed by atoms with Crippen LogP contribution in [0.2, 0.25) is 0 Å². The van der Waals surface area contributed by atoms with E-state index >= 15 is 0 Å². The van der Waals surface area contributed by atoms with Crippen LogP contribution in [0.15, 0.2) is 30.3 Å². The number of benzene rings is 2. The molecule has 0 saturated carbocycles. The number of aromatic nitrogens is 2. The first kappa shape index (κ1) is 18.0. The number of hydrogen-bond donors (Lipinski definition) is 0. The molecule has 3 rings (SSSR count). The normalized spacial score (nSPS) is 10.9. The second-order valence-corrected chi connectivity index (χ2v) is 6.38. The minimum Gasteiger partial charge on any atom is -0.485 e. The van der Waals surface area contributed by atoms with Crippen LogP contribution in [-0.2, 0) is 17.9 Å². The van der Waals surface area contributed by atoms with Gasteiger partial charge in [0, 0.05) is 13.7 Å². The fraction of sp³-hybridized carbons (Fsp3) is 0.333. The van der Waals surface area contributed by atoms with Crippen molar-refractivity contribution in [3.63, 3.8) is 0 Å². The zero-order valence-corrected chi connectivity index (χ0v) is 15.7. The highest BCUT2D eigenvalue weighted by molar-refractivity contribution is 5.85. The molecule has 0 atom stereocenters. The van der Waals surface area contributed by atoms with Crippen molar-refractivity contribution in [1.29, 1.82) is 5.26 Å². The summed E-state index contributed by atoms with van der Waals surface area (Å²) in [6, 6.07) is 12.1. The van der Waals surface area contributed by atoms with Crippen molar-refractivity contribution >= 4 is 11.0 Å². The van der Waals surface area contributed by atoms with Gasteiger partial charge in [0.1, 0.15) is 24.0 Å². The van der Waals surface area contributed by atoms with Gasteiger partial charge in [-0.25, -0.2) is 4.98 Å². The Morgan fingerprint density at radius 2 is 1.85 bits per heavy atom. The number of aryl methyl sites for hydroxylation is 3. The van der Waals surface area contributed by atoms with Crippen LogP contribution < -0.4 is 4.74 Å². The standard InChI is InChI=1S/C21H23N3O2/c1-14-6-5-7-15(2)18(14)13-26-21-17(12-22)8-9-19-20(21)23-16(3)24(19)10-11-25-4/h5-9H,10-11,13H2,1-4H3. The maximum Gasteiger partial charge on any atom is 0.165 e. The molecule has 3 aromatic rings. The number of ether oxygens (including phenoxy) is 2. The number of methoxy groups -OCH3 is 1. The molecule has 0 radical (unpaired) electrons. The fourth-order valence-corrected chi connectivity index (χ4v) is 3.20. The second kappa shape index (κ2) is 7.59. The number of nitrogens with zero attached hydrogens (tertiary/aromatic N) is 3. The van der Waals surface area contributed by atoms with Gasteiger partial charge >= 0.3 is 0 Å². The highest BCUT2D eigenvalue weighted by atomic mass is 16.5. The maximum absolute atomic E-state index is 9.52. The molecular formula is C21H23N3O2. The molecule has 0 N–H and O–H groups in total. The highest BCUT2D eigenvalue weighted by Crippen LogP contribution is 2.31. The molecule has 1 heterocycles. The lowest BCUT2D eigenvalue weighted by molar-refractivity contribution is 0.187. The summed E-state index contributed by atoms with van der Waals surface area (Å²) in [5.41, 5.74) is 5.68. The summed E-state index contributed by atoms with van der Waals surface area (Å²) in [6.45, 7) is 7.82. The van der Waals surface area contributed by atoms with E-state index in [4.69, 9.17) is 9.47 Å². The molecule has 0 amide bonds. The van der Waals surface area contributed by atoms with Gasteiger partial charge in [0.05, 0.1) is 17.7 Å². The van der Waals surface area contributed by atoms with Crippen molar-refractivity contribution < 1.29 is 9.47 Å². The Labute approximate surface area is 153 Å². The van der Waals surface area contributed by atoms with E-state index in [0.717, 1.165) is 22.4 Å². The smallest absolute Gasteiger partial charge is 0.165 e. The molecular weight excluding hydrogens is 326 g/mol. The summed E-state index contributed by atoms with van der Waals surface area (Å²) in [4.78, 5) is 4.66. The van der Waals surface area contributed by atoms with Crippen molar-refractivity contribution in [2.24, 2.45) is 0 Å². The molecule has 0 aliphatic heterocycles. The summed E-state index contributed by atoms with van der Waals surface area (Å²) < 4.78 is 13.4. The van der Waals surface area contributed by atoms with E-state index in [9.17, 15) is 5.26 Å². The van der Waals surface area contributed by atoms with E-state index < -0.39 is 0 Å². The second-order valence-electron chi connectivity index (χ2n) is 6.38. The minimum atomic E-state index is 0.413. The highest BCUT2D eigenvalue weighted by Gasteiger charge is 2.17. The molecule has 0 aliphatic rings. The van der Waals surface area contributed by atoms with Crippen LogP contribution in [-0.4, -0.2) is 23.3 Å². The molecule has 0 saturated heterocycles. The average Bonchev–Trinajstić information content (AvgIpc) is 2.95. The largest absolute Gasteiger partial charge is 0.485 e. The van der Waals surface area contributed by atoms with Crippen LogP contribution in [0.1, 0.15) is 28.1 Å². The van der Waals surface area contributed by atoms with Gasteiger partial charge in [-0.3, -0.25) is 0 Å². The Morgan fingerprint density at radius 1 is 1.12 bits per heavy atom. The van der Waals surface area contributed by atoms with Crippen LogP contribution in [0.5, 0.6) is 5.75 Å². The molecule has 0 bridgehead atoms. The van der Waals surface area contributed by atoms with E-state index in [2.05, 4.69) is 41.6 Å². The van der Waals surface area contributed by atoms with Gasteiger partial charge in [-0.1, -0.05) is 18.2 Å². The van der Waals surface area contributed by atoms with Gasteiger partial charge < -0.3 is 14.0 Å². The summed E-state index contributed by atoms with van der Waals surface area (Å²) in [5.74, 6) is 1.43. The molecule has 5 nitrogen and oxygen atoms in total. The maximum atomic E-state index is 9.52. The molecule has 134 valence electrons. The van der Waals surface area contributed by atoms with Crippen LogP contribution >= 0.6 is 0 Å². The average molecular weight is 349 g/mol. The third kappa shape index (κ3) is 3.29. The first-order chi connectivity index (χ1) is 12.6. The monoisotopic (exact) mass is 349 g/mol. The van der Waals surface area contributed by atoms with Crippen LogP contribution in [0, 0.1) is 32.1 Å². The minimum absolute atomic E-state index is 0.413. The van der Waals surface area contributed by atoms with E-state index in [0.29, 0.717) is 31.1 Å². The third-order valence-corrected chi connectivity index (χ3v) is 4.71. The van der Waals surface area contributed by atoms with Gasteiger partial charge in [0.2, 0.25) is 0 Å². The van der Waals surface area contributed by atoms with E-state index in [1.807, 2.05) is 19.1 Å². The number of rotatable bonds is 6. The summed E-state index contributed by atoms with van der Waals surface area (Å²) in [5, 5.41) is 9.52. The van der Waals surface area contributed by atoms with Crippen molar-refractivity contribution in [3.05, 3.63) is 58.4 Å². The first-order valence-corrected chi connectivity index (χ1v) is 8.63. The van der Waals surface area contributed by atoms with E-state index in [1.165, 1.54) is 11.1 Å². The fourth-order valence-electron chi connectivity index (χ4n) is 3.20. The number of imidazole rings is 1. The predicted molar refractivity (Wildman–Crippen MR) is 101 cm³/mol. The lowest BCUT2D eigenvalue weighted by Gasteiger charge is -2.13. The molecule has 0 aliphatic carbocycles. The van der Waals surface area contributed by atoms with Crippen LogP contribution in [0.4, 0.5) is 0 Å². The SMILES string of the molecule is COCCn1c(C)nc2c(OCc3c(C)cccc3C)c(C#N)ccc21. The van der Waals surface area contributed by atoms with Gasteiger partial charge in [-0.2, -0.15) is 5.26 Å². The summed E-state index contributed by atoms with van der Waals surface area (Å²) >= 11 is 0. The third-order valence-electron chi connectivity index (χ3n) is 4.71. The number of nitriles is 1. The van der Waals surface area contributed by atoms with Crippen molar-refractivity contribution in [1.82, 2.24) is 9.55 Å². The summed E-state index contributed by atoms with van der Waals surface area (Å²) in [7, 11) is 1.68. The Balaban J connectivity index is 2.02. The molecule has 0 fully saturated rings. The Bertz CT molecular complexity index is 963. The van der Waals surface area contributed by atoms with Crippen molar-refractivity contribution in [2.45, 2.75) is 33.9 Å². The van der Waals surface area contributed by atoms with Crippen molar-refractivity contribution in [2.75, 3.05) is 13.7 Å². The quantitative estimate of drug-likeness (QED) is 0.673. The predicted octanol–water partition coefficient (Wildman–Crippen LogP) is 4.06. The molecule has 5 heteroatoms. The first-order valence-electron chi connectivity index (χ1n) is 8.63. The van der Waals surface area contributed by atoms with Crippen molar-refractivity contribution in [3.8, 4) is 11.8 Å². The van der Waals surface area contributed by atoms with Crippen LogP contribution in [0.25, 0.3) is 11.0 Å².